The lowest BCUT2D eigenvalue weighted by molar-refractivity contribution is -0.291. The van der Waals surface area contributed by atoms with Crippen molar-refractivity contribution in [2.75, 3.05) is 27.9 Å². The number of alkyl halides is 3. The molecule has 0 unspecified atom stereocenters. The Labute approximate surface area is 244 Å². The van der Waals surface area contributed by atoms with E-state index in [1.54, 1.807) is 20.3 Å². The van der Waals surface area contributed by atoms with Crippen LogP contribution in [0.2, 0.25) is 0 Å². The second-order valence-corrected chi connectivity index (χ2v) is 9.22. The molecule has 0 N–H and O–H groups in total. The van der Waals surface area contributed by atoms with Crippen LogP contribution >= 0.6 is 0 Å². The van der Waals surface area contributed by atoms with Gasteiger partial charge in [0.1, 0.15) is 11.5 Å². The molecule has 0 bridgehead atoms. The summed E-state index contributed by atoms with van der Waals surface area (Å²) in [6.45, 7) is 2.57. The Bertz CT molecular complexity index is 1460. The molecule has 0 saturated carbocycles. The molecule has 0 aliphatic carbocycles. The number of hydrogen-bond donors (Lipinski definition) is 0. The van der Waals surface area contributed by atoms with E-state index in [1.165, 1.54) is 43.6 Å². The second kappa shape index (κ2) is 13.8. The van der Waals surface area contributed by atoms with Gasteiger partial charge in [-0.2, -0.15) is 13.2 Å². The number of methoxy groups -OCH3 is 3. The van der Waals surface area contributed by atoms with Crippen LogP contribution in [0.15, 0.2) is 54.7 Å². The van der Waals surface area contributed by atoms with Crippen molar-refractivity contribution >= 4 is 17.7 Å². The predicted molar refractivity (Wildman–Crippen MR) is 142 cm³/mol. The van der Waals surface area contributed by atoms with Gasteiger partial charge in [0.25, 0.3) is 0 Å². The largest absolute Gasteiger partial charge is 0.497 e. The minimum absolute atomic E-state index is 0.0297. The number of carbonyl (C=O) groups excluding carboxylic acids is 3. The lowest BCUT2D eigenvalue weighted by atomic mass is 10.0. The molecule has 0 aliphatic rings. The molecular formula is C29H28F3NO10. The molecule has 0 saturated heterocycles. The Kier molecular flexibility index (Phi) is 10.4. The first kappa shape index (κ1) is 32.5. The van der Waals surface area contributed by atoms with Crippen LogP contribution in [-0.2, 0) is 25.8 Å². The Balaban J connectivity index is 1.70. The third kappa shape index (κ3) is 8.50. The number of hydrogen-bond acceptors (Lipinski definition) is 11. The molecule has 0 aliphatic heterocycles. The highest BCUT2D eigenvalue weighted by atomic mass is 19.4. The van der Waals surface area contributed by atoms with Crippen molar-refractivity contribution in [1.82, 2.24) is 4.98 Å². The molecule has 11 nitrogen and oxygen atoms in total. The lowest BCUT2D eigenvalue weighted by Crippen LogP contribution is -2.41. The summed E-state index contributed by atoms with van der Waals surface area (Å²) < 4.78 is 64.1. The summed E-state index contributed by atoms with van der Waals surface area (Å²) in [6.07, 6.45) is -3.54. The summed E-state index contributed by atoms with van der Waals surface area (Å²) in [5.41, 5.74) is -0.946. The maximum Gasteiger partial charge on any atom is 0.495 e. The van der Waals surface area contributed by atoms with Gasteiger partial charge in [-0.05, 0) is 49.7 Å². The Hall–Kier alpha value is -5.01. The molecule has 0 amide bonds. The van der Waals surface area contributed by atoms with Crippen LogP contribution in [-0.4, -0.2) is 62.4 Å². The Morgan fingerprint density at radius 1 is 0.791 bits per heavy atom. The first-order valence-electron chi connectivity index (χ1n) is 12.5. The summed E-state index contributed by atoms with van der Waals surface area (Å²) in [6, 6.07) is 12.6. The maximum absolute atomic E-state index is 13.3. The molecule has 14 heteroatoms. The molecule has 1 heterocycles. The van der Waals surface area contributed by atoms with Gasteiger partial charge in [0.15, 0.2) is 17.3 Å². The van der Waals surface area contributed by atoms with Crippen LogP contribution in [0, 0.1) is 0 Å². The molecule has 0 radical (unpaired) electrons. The van der Waals surface area contributed by atoms with E-state index in [2.05, 4.69) is 14.8 Å². The van der Waals surface area contributed by atoms with E-state index in [0.717, 1.165) is 19.4 Å². The molecule has 0 fully saturated rings. The standard InChI is InChI=1S/C29H28F3NO10/c1-28(2,26(35)42-43-27(36)29(30,31)32)41-22-15-19(37-3)8-9-20(22)25(34)18-7-11-24(33-16-18)40-13-12-17-6-10-21(38-4)23(14-17)39-5/h6-11,14-16H,12-13H2,1-5H3. The van der Waals surface area contributed by atoms with Crippen LogP contribution < -0.4 is 23.7 Å². The van der Waals surface area contributed by atoms with Crippen molar-refractivity contribution in [1.29, 1.82) is 0 Å². The van der Waals surface area contributed by atoms with Gasteiger partial charge in [0.05, 0.1) is 33.5 Å². The summed E-state index contributed by atoms with van der Waals surface area (Å²) >= 11 is 0. The highest BCUT2D eigenvalue weighted by molar-refractivity contribution is 6.10. The number of benzene rings is 2. The number of ether oxygens (including phenoxy) is 5. The van der Waals surface area contributed by atoms with Crippen molar-refractivity contribution in [3.63, 3.8) is 0 Å². The van der Waals surface area contributed by atoms with Crippen molar-refractivity contribution in [3.8, 4) is 28.9 Å². The number of ketones is 1. The topological polar surface area (TPSA) is 129 Å². The second-order valence-electron chi connectivity index (χ2n) is 9.22. The summed E-state index contributed by atoms with van der Waals surface area (Å²) in [7, 11) is 4.44. The number of carbonyl (C=O) groups is 3. The van der Waals surface area contributed by atoms with Crippen LogP contribution in [0.4, 0.5) is 13.2 Å². The quantitative estimate of drug-likeness (QED) is 0.162. The predicted octanol–water partition coefficient (Wildman–Crippen LogP) is 4.68. The summed E-state index contributed by atoms with van der Waals surface area (Å²) in [4.78, 5) is 48.3. The zero-order valence-corrected chi connectivity index (χ0v) is 23.8. The van der Waals surface area contributed by atoms with Gasteiger partial charge in [-0.1, -0.05) is 6.07 Å². The highest BCUT2D eigenvalue weighted by Crippen LogP contribution is 2.31. The van der Waals surface area contributed by atoms with Gasteiger partial charge < -0.3 is 23.7 Å². The number of halogens is 3. The number of rotatable bonds is 12. The number of nitrogens with zero attached hydrogens (tertiary/aromatic N) is 1. The van der Waals surface area contributed by atoms with E-state index in [1.807, 2.05) is 12.1 Å². The lowest BCUT2D eigenvalue weighted by Gasteiger charge is -2.24. The third-order valence-electron chi connectivity index (χ3n) is 5.80. The Morgan fingerprint density at radius 3 is 2.09 bits per heavy atom. The van der Waals surface area contributed by atoms with Crippen LogP contribution in [0.3, 0.4) is 0 Å². The SMILES string of the molecule is COc1ccc(C(=O)c2ccc(OCCc3ccc(OC)c(OC)c3)nc2)c(OC(C)(C)C(=O)OOC(=O)C(F)(F)F)c1. The highest BCUT2D eigenvalue weighted by Gasteiger charge is 2.44. The molecular weight excluding hydrogens is 579 g/mol. The van der Waals surface area contributed by atoms with Crippen molar-refractivity contribution in [2.45, 2.75) is 32.0 Å². The zero-order chi connectivity index (χ0) is 31.8. The molecule has 1 aromatic heterocycles. The molecule has 0 spiro atoms. The van der Waals surface area contributed by atoms with Crippen molar-refractivity contribution in [2.24, 2.45) is 0 Å². The van der Waals surface area contributed by atoms with Gasteiger partial charge in [-0.3, -0.25) is 4.79 Å². The zero-order valence-electron chi connectivity index (χ0n) is 23.8. The minimum Gasteiger partial charge on any atom is -0.497 e. The van der Waals surface area contributed by atoms with Crippen molar-refractivity contribution in [3.05, 3.63) is 71.4 Å². The van der Waals surface area contributed by atoms with Crippen LogP contribution in [0.1, 0.15) is 35.3 Å². The average Bonchev–Trinajstić information content (AvgIpc) is 2.98. The van der Waals surface area contributed by atoms with Crippen molar-refractivity contribution < 1.29 is 61.0 Å². The fourth-order valence-corrected chi connectivity index (χ4v) is 3.51. The van der Waals surface area contributed by atoms with E-state index in [-0.39, 0.29) is 35.1 Å². The number of aromatic nitrogens is 1. The fraction of sp³-hybridized carbons (Fsp3) is 0.310. The summed E-state index contributed by atoms with van der Waals surface area (Å²) in [5, 5.41) is 0. The van der Waals surface area contributed by atoms with Gasteiger partial charge in [-0.25, -0.2) is 24.3 Å². The van der Waals surface area contributed by atoms with E-state index in [0.29, 0.717) is 17.9 Å². The molecule has 0 atom stereocenters. The van der Waals surface area contributed by atoms with E-state index >= 15 is 0 Å². The molecule has 3 rings (SSSR count). The number of pyridine rings is 1. The maximum atomic E-state index is 13.3. The van der Waals surface area contributed by atoms with Crippen LogP contribution in [0.25, 0.3) is 0 Å². The van der Waals surface area contributed by atoms with Gasteiger partial charge in [0, 0.05) is 30.3 Å². The molecule has 43 heavy (non-hydrogen) atoms. The van der Waals surface area contributed by atoms with Gasteiger partial charge >= 0.3 is 18.1 Å². The minimum atomic E-state index is -5.38. The van der Waals surface area contributed by atoms with E-state index in [4.69, 9.17) is 23.7 Å². The van der Waals surface area contributed by atoms with E-state index < -0.39 is 29.5 Å². The summed E-state index contributed by atoms with van der Waals surface area (Å²) in [5.74, 6) is -3.21. The first-order chi connectivity index (χ1) is 20.3. The fourth-order valence-electron chi connectivity index (χ4n) is 3.51. The smallest absolute Gasteiger partial charge is 0.495 e. The van der Waals surface area contributed by atoms with Gasteiger partial charge in [0.2, 0.25) is 11.5 Å². The molecule has 2 aromatic carbocycles. The average molecular weight is 608 g/mol. The Morgan fingerprint density at radius 2 is 1.49 bits per heavy atom. The first-order valence-corrected chi connectivity index (χ1v) is 12.5. The molecule has 230 valence electrons. The molecule has 3 aromatic rings. The van der Waals surface area contributed by atoms with Crippen LogP contribution in [0.5, 0.6) is 28.9 Å². The normalized spacial score (nSPS) is 11.3. The third-order valence-corrected chi connectivity index (χ3v) is 5.80. The monoisotopic (exact) mass is 607 g/mol. The van der Waals surface area contributed by atoms with Gasteiger partial charge in [-0.15, -0.1) is 0 Å². The van der Waals surface area contributed by atoms with E-state index in [9.17, 15) is 27.6 Å².